The summed E-state index contributed by atoms with van der Waals surface area (Å²) in [7, 11) is 1.81. The van der Waals surface area contributed by atoms with E-state index in [4.69, 9.17) is 0 Å². The first kappa shape index (κ1) is 21.7. The summed E-state index contributed by atoms with van der Waals surface area (Å²) in [6, 6.07) is 0.528. The average molecular weight is 354 g/mol. The van der Waals surface area contributed by atoms with Crippen molar-refractivity contribution in [3.63, 3.8) is 0 Å². The molecule has 0 aromatic carbocycles. The highest BCUT2D eigenvalue weighted by Crippen LogP contribution is 2.24. The third-order valence-corrected chi connectivity index (χ3v) is 4.75. The van der Waals surface area contributed by atoms with Gasteiger partial charge >= 0.3 is 0 Å². The van der Waals surface area contributed by atoms with E-state index >= 15 is 0 Å². The van der Waals surface area contributed by atoms with Crippen molar-refractivity contribution in [1.29, 1.82) is 0 Å². The Kier molecular flexibility index (Phi) is 10.5. The van der Waals surface area contributed by atoms with Crippen LogP contribution in [0.1, 0.15) is 59.8 Å². The fraction of sp³-hybridized carbons (Fsp3) is 0.895. The Balaban J connectivity index is 2.40. The van der Waals surface area contributed by atoms with Crippen LogP contribution in [0.4, 0.5) is 0 Å². The van der Waals surface area contributed by atoms with Gasteiger partial charge in [-0.25, -0.2) is 0 Å². The number of nitrogens with zero attached hydrogens (tertiary/aromatic N) is 2. The first-order valence-electron chi connectivity index (χ1n) is 10.00. The van der Waals surface area contributed by atoms with Crippen molar-refractivity contribution >= 4 is 11.9 Å². The molecular weight excluding hydrogens is 314 g/mol. The zero-order valence-corrected chi connectivity index (χ0v) is 16.9. The summed E-state index contributed by atoms with van der Waals surface area (Å²) < 4.78 is 0. The quantitative estimate of drug-likeness (QED) is 0.438. The normalized spacial score (nSPS) is 21.5. The molecule has 1 saturated carbocycles. The largest absolute Gasteiger partial charge is 0.355 e. The number of nitrogens with one attached hydrogen (secondary N) is 3. The molecule has 0 aromatic rings. The van der Waals surface area contributed by atoms with E-state index in [0.29, 0.717) is 6.04 Å². The Morgan fingerprint density at radius 1 is 1.24 bits per heavy atom. The second-order valence-electron chi connectivity index (χ2n) is 7.30. The number of guanidine groups is 1. The van der Waals surface area contributed by atoms with Crippen molar-refractivity contribution in [3.05, 3.63) is 0 Å². The maximum Gasteiger partial charge on any atom is 0.223 e. The lowest BCUT2D eigenvalue weighted by Crippen LogP contribution is -2.48. The predicted octanol–water partition coefficient (Wildman–Crippen LogP) is 1.97. The summed E-state index contributed by atoms with van der Waals surface area (Å²) in [4.78, 5) is 19.0. The molecule has 3 N–H and O–H groups in total. The van der Waals surface area contributed by atoms with E-state index in [9.17, 15) is 4.79 Å². The summed E-state index contributed by atoms with van der Waals surface area (Å²) in [5.41, 5.74) is 0. The SMILES string of the molecule is CCCN(CC)CCNC(=NC)NC1CCCC(C(=O)NC(C)C)C1. The van der Waals surface area contributed by atoms with E-state index < -0.39 is 0 Å². The Bertz CT molecular complexity index is 411. The molecule has 0 saturated heterocycles. The van der Waals surface area contributed by atoms with Crippen LogP contribution < -0.4 is 16.0 Å². The maximum atomic E-state index is 12.3. The van der Waals surface area contributed by atoms with Gasteiger partial charge in [0.25, 0.3) is 0 Å². The zero-order valence-electron chi connectivity index (χ0n) is 16.9. The van der Waals surface area contributed by atoms with Gasteiger partial charge in [-0.05, 0) is 52.6 Å². The highest BCUT2D eigenvalue weighted by atomic mass is 16.1. The molecule has 0 radical (unpaired) electrons. The first-order chi connectivity index (χ1) is 12.0. The van der Waals surface area contributed by atoms with Gasteiger partial charge in [-0.1, -0.05) is 20.3 Å². The number of carbonyl (C=O) groups excluding carboxylic acids is 1. The molecule has 0 aliphatic heterocycles. The Hall–Kier alpha value is -1.30. The van der Waals surface area contributed by atoms with Crippen molar-refractivity contribution in [2.75, 3.05) is 33.2 Å². The second kappa shape index (κ2) is 12.1. The van der Waals surface area contributed by atoms with Crippen molar-refractivity contribution in [3.8, 4) is 0 Å². The van der Waals surface area contributed by atoms with Gasteiger partial charge in [-0.3, -0.25) is 9.79 Å². The van der Waals surface area contributed by atoms with Gasteiger partial charge in [0.05, 0.1) is 0 Å². The Labute approximate surface area is 154 Å². The van der Waals surface area contributed by atoms with Gasteiger partial charge in [0.1, 0.15) is 0 Å². The summed E-state index contributed by atoms with van der Waals surface area (Å²) in [5, 5.41) is 9.97. The lowest BCUT2D eigenvalue weighted by Gasteiger charge is -2.30. The van der Waals surface area contributed by atoms with Crippen LogP contribution in [-0.4, -0.2) is 62.1 Å². The smallest absolute Gasteiger partial charge is 0.223 e. The topological polar surface area (TPSA) is 68.8 Å². The van der Waals surface area contributed by atoms with Crippen LogP contribution in [0.2, 0.25) is 0 Å². The first-order valence-corrected chi connectivity index (χ1v) is 10.00. The molecule has 25 heavy (non-hydrogen) atoms. The second-order valence-corrected chi connectivity index (χ2v) is 7.30. The Morgan fingerprint density at radius 2 is 2.00 bits per heavy atom. The standard InChI is InChI=1S/C19H39N5O/c1-6-12-24(7-2)13-11-21-19(20-5)23-17-10-8-9-16(14-17)18(25)22-15(3)4/h15-17H,6-14H2,1-5H3,(H,22,25)(H2,20,21,23). The van der Waals surface area contributed by atoms with Crippen molar-refractivity contribution in [2.24, 2.45) is 10.9 Å². The molecule has 1 fully saturated rings. The minimum Gasteiger partial charge on any atom is -0.355 e. The molecule has 0 bridgehead atoms. The van der Waals surface area contributed by atoms with Crippen LogP contribution in [0.5, 0.6) is 0 Å². The molecule has 1 amide bonds. The molecule has 0 spiro atoms. The number of likely N-dealkylation sites (N-methyl/N-ethyl adjacent to an activating group) is 1. The van der Waals surface area contributed by atoms with Gasteiger partial charge in [0.2, 0.25) is 5.91 Å². The van der Waals surface area contributed by atoms with E-state index in [1.807, 2.05) is 20.9 Å². The van der Waals surface area contributed by atoms with E-state index in [-0.39, 0.29) is 17.9 Å². The van der Waals surface area contributed by atoms with Gasteiger partial charge in [0, 0.05) is 38.1 Å². The molecule has 2 unspecified atom stereocenters. The number of carbonyl (C=O) groups is 1. The molecule has 146 valence electrons. The predicted molar refractivity (Wildman–Crippen MR) is 106 cm³/mol. The number of amides is 1. The van der Waals surface area contributed by atoms with Crippen LogP contribution >= 0.6 is 0 Å². The fourth-order valence-corrected chi connectivity index (χ4v) is 3.43. The summed E-state index contributed by atoms with van der Waals surface area (Å²) in [6.45, 7) is 12.6. The van der Waals surface area contributed by atoms with Crippen LogP contribution in [0.15, 0.2) is 4.99 Å². The van der Waals surface area contributed by atoms with E-state index in [2.05, 4.69) is 39.7 Å². The van der Waals surface area contributed by atoms with Crippen LogP contribution in [0.25, 0.3) is 0 Å². The molecule has 0 heterocycles. The van der Waals surface area contributed by atoms with Gasteiger partial charge in [-0.15, -0.1) is 0 Å². The number of rotatable bonds is 9. The molecule has 2 atom stereocenters. The Morgan fingerprint density at radius 3 is 2.60 bits per heavy atom. The monoisotopic (exact) mass is 353 g/mol. The summed E-state index contributed by atoms with van der Waals surface area (Å²) in [6.07, 6.45) is 5.25. The van der Waals surface area contributed by atoms with Gasteiger partial charge in [0.15, 0.2) is 5.96 Å². The van der Waals surface area contributed by atoms with Crippen LogP contribution in [-0.2, 0) is 4.79 Å². The summed E-state index contributed by atoms with van der Waals surface area (Å²) >= 11 is 0. The number of hydrogen-bond donors (Lipinski definition) is 3. The van der Waals surface area contributed by atoms with E-state index in [1.54, 1.807) is 0 Å². The van der Waals surface area contributed by atoms with Gasteiger partial charge < -0.3 is 20.9 Å². The molecule has 0 aromatic heterocycles. The van der Waals surface area contributed by atoms with Gasteiger partial charge in [-0.2, -0.15) is 0 Å². The minimum atomic E-state index is 0.117. The highest BCUT2D eigenvalue weighted by molar-refractivity contribution is 5.81. The number of hydrogen-bond acceptors (Lipinski definition) is 3. The van der Waals surface area contributed by atoms with Crippen molar-refractivity contribution < 1.29 is 4.79 Å². The lowest BCUT2D eigenvalue weighted by molar-refractivity contribution is -0.126. The van der Waals surface area contributed by atoms with Crippen molar-refractivity contribution in [1.82, 2.24) is 20.9 Å². The fourth-order valence-electron chi connectivity index (χ4n) is 3.43. The minimum absolute atomic E-state index is 0.117. The molecular formula is C19H39N5O. The van der Waals surface area contributed by atoms with Crippen LogP contribution in [0, 0.1) is 5.92 Å². The molecule has 6 nitrogen and oxygen atoms in total. The summed E-state index contributed by atoms with van der Waals surface area (Å²) in [5.74, 6) is 1.16. The zero-order chi connectivity index (χ0) is 18.7. The average Bonchev–Trinajstić information content (AvgIpc) is 2.59. The molecule has 1 rings (SSSR count). The highest BCUT2D eigenvalue weighted by Gasteiger charge is 2.27. The molecule has 1 aliphatic carbocycles. The maximum absolute atomic E-state index is 12.3. The van der Waals surface area contributed by atoms with E-state index in [1.165, 1.54) is 6.42 Å². The van der Waals surface area contributed by atoms with E-state index in [0.717, 1.165) is 57.8 Å². The molecule has 1 aliphatic rings. The van der Waals surface area contributed by atoms with Crippen LogP contribution in [0.3, 0.4) is 0 Å². The number of aliphatic imine (C=N–C) groups is 1. The third-order valence-electron chi connectivity index (χ3n) is 4.75. The lowest BCUT2D eigenvalue weighted by atomic mass is 9.85. The van der Waals surface area contributed by atoms with Crippen molar-refractivity contribution in [2.45, 2.75) is 71.9 Å². The third kappa shape index (κ3) is 8.56. The molecule has 6 heteroatoms.